The van der Waals surface area contributed by atoms with Crippen molar-refractivity contribution in [2.24, 2.45) is 0 Å². The van der Waals surface area contributed by atoms with Gasteiger partial charge in [0.15, 0.2) is 0 Å². The zero-order valence-corrected chi connectivity index (χ0v) is 7.33. The Morgan fingerprint density at radius 1 is 1.56 bits per heavy atom. The Morgan fingerprint density at radius 3 is 1.89 bits per heavy atom. The summed E-state index contributed by atoms with van der Waals surface area (Å²) in [5, 5.41) is 12.0. The maximum absolute atomic E-state index is 9.15. The van der Waals surface area contributed by atoms with Crippen molar-refractivity contribution >= 4 is 17.8 Å². The average molecular weight is 166 g/mol. The first-order chi connectivity index (χ1) is 3.77. The van der Waals surface area contributed by atoms with Crippen LogP contribution in [0.5, 0.6) is 0 Å². The molecule has 0 aromatic carbocycles. The zero-order valence-electron chi connectivity index (χ0n) is 4.51. The topological polar surface area (TPSA) is 107 Å². The Bertz CT molecular complexity index is 73.5. The van der Waals surface area contributed by atoms with E-state index in [4.69, 9.17) is 24.1 Å². The van der Waals surface area contributed by atoms with E-state index in [-0.39, 0.29) is 36.0 Å². The van der Waals surface area contributed by atoms with E-state index in [2.05, 4.69) is 4.18 Å². The molecular weight excluding hydrogens is 163 g/mol. The summed E-state index contributed by atoms with van der Waals surface area (Å²) >= 11 is -2.68. The van der Waals surface area contributed by atoms with E-state index in [0.717, 1.165) is 0 Å². The van der Waals surface area contributed by atoms with Crippen LogP contribution in [0.15, 0.2) is 0 Å². The Labute approximate surface area is 75.5 Å². The zero-order chi connectivity index (χ0) is 6.99. The molecule has 0 aliphatic carbocycles. The van der Waals surface area contributed by atoms with Crippen LogP contribution in [0.1, 0.15) is 0 Å². The van der Waals surface area contributed by atoms with Gasteiger partial charge in [0.1, 0.15) is 11.4 Å². The molecule has 0 fully saturated rings. The van der Waals surface area contributed by atoms with E-state index in [1.54, 1.807) is 0 Å². The first-order valence-electron chi connectivity index (χ1n) is 1.17. The fourth-order valence-corrected chi connectivity index (χ4v) is 0.0962. The minimum Gasteiger partial charge on any atom is -0.740 e. The predicted octanol–water partition coefficient (Wildman–Crippen LogP) is -4.03. The summed E-state index contributed by atoms with van der Waals surface area (Å²) in [5.74, 6) is 0. The van der Waals surface area contributed by atoms with Crippen molar-refractivity contribution in [1.82, 2.24) is 0 Å². The van der Waals surface area contributed by atoms with Crippen LogP contribution in [0.4, 0.5) is 0 Å². The van der Waals surface area contributed by atoms with E-state index >= 15 is 0 Å². The van der Waals surface area contributed by atoms with Crippen LogP contribution in [0, 0.1) is 0 Å². The minimum atomic E-state index is -2.68. The van der Waals surface area contributed by atoms with E-state index in [9.17, 15) is 0 Å². The molecule has 6 nitrogen and oxygen atoms in total. The van der Waals surface area contributed by atoms with E-state index in [0.29, 0.717) is 0 Å². The SMILES string of the molecule is O=COS(=O)[O-].OO.[Na+]. The van der Waals surface area contributed by atoms with Crippen LogP contribution in [-0.2, 0) is 20.3 Å². The van der Waals surface area contributed by atoms with Gasteiger partial charge >= 0.3 is 36.0 Å². The molecule has 1 atom stereocenters. The van der Waals surface area contributed by atoms with E-state index in [1.807, 2.05) is 0 Å². The summed E-state index contributed by atoms with van der Waals surface area (Å²) < 4.78 is 21.6. The Morgan fingerprint density at radius 2 is 1.89 bits per heavy atom. The molecule has 0 saturated carbocycles. The van der Waals surface area contributed by atoms with Gasteiger partial charge in [-0.1, -0.05) is 0 Å². The van der Waals surface area contributed by atoms with Gasteiger partial charge in [0, 0.05) is 0 Å². The second kappa shape index (κ2) is 15.8. The maximum atomic E-state index is 9.15. The molecule has 0 rings (SSSR count). The normalized spacial score (nSPS) is 9.22. The van der Waals surface area contributed by atoms with Crippen molar-refractivity contribution in [2.45, 2.75) is 0 Å². The summed E-state index contributed by atoms with van der Waals surface area (Å²) in [6.45, 7) is -0.164. The van der Waals surface area contributed by atoms with Gasteiger partial charge in [0.25, 0.3) is 0 Å². The van der Waals surface area contributed by atoms with Crippen molar-refractivity contribution < 1.29 is 57.8 Å². The molecule has 0 aromatic rings. The number of rotatable bonds is 2. The standard InChI is InChI=1S/CH2O4S.Na.H2O2/c2-1-5-6(3)4;;1-2/h1H,(H,3,4);;1-2H/q;+1;/p-1. The molecule has 1 unspecified atom stereocenters. The first kappa shape index (κ1) is 16.2. The number of carbonyl (C=O) groups excluding carboxylic acids is 1. The Balaban J connectivity index is -0.000000109. The van der Waals surface area contributed by atoms with Gasteiger partial charge in [-0.05, 0) is 0 Å². The quantitative estimate of drug-likeness (QED) is 0.142. The van der Waals surface area contributed by atoms with Crippen LogP contribution < -0.4 is 29.6 Å². The van der Waals surface area contributed by atoms with E-state index < -0.39 is 11.4 Å². The van der Waals surface area contributed by atoms with Crippen LogP contribution in [0.25, 0.3) is 0 Å². The fraction of sp³-hybridized carbons (Fsp3) is 0. The molecule has 0 saturated heterocycles. The number of hydrogen-bond donors (Lipinski definition) is 2. The molecule has 50 valence electrons. The summed E-state index contributed by atoms with van der Waals surface area (Å²) in [6.07, 6.45) is 0. The van der Waals surface area contributed by atoms with Gasteiger partial charge in [-0.3, -0.25) is 15.3 Å². The summed E-state index contributed by atoms with van der Waals surface area (Å²) in [7, 11) is 0. The summed E-state index contributed by atoms with van der Waals surface area (Å²) in [4.78, 5) is 9.00. The molecule has 0 spiro atoms. The molecule has 0 aliphatic rings. The van der Waals surface area contributed by atoms with Gasteiger partial charge in [0.05, 0.1) is 0 Å². The van der Waals surface area contributed by atoms with Crippen LogP contribution in [0.3, 0.4) is 0 Å². The second-order valence-corrected chi connectivity index (χ2v) is 0.997. The van der Waals surface area contributed by atoms with Gasteiger partial charge in [-0.25, -0.2) is 4.21 Å². The molecule has 0 aliphatic heterocycles. The molecule has 0 bridgehead atoms. The molecule has 0 amide bonds. The second-order valence-electron chi connectivity index (χ2n) is 0.397. The third-order valence-corrected chi connectivity index (χ3v) is 0.354. The average Bonchev–Trinajstić information content (AvgIpc) is 1.72. The largest absolute Gasteiger partial charge is 1.00 e. The van der Waals surface area contributed by atoms with Gasteiger partial charge in [-0.15, -0.1) is 0 Å². The molecule has 9 heavy (non-hydrogen) atoms. The summed E-state index contributed by atoms with van der Waals surface area (Å²) in [5.41, 5.74) is 0. The molecule has 8 heteroatoms. The fourth-order valence-electron chi connectivity index (χ4n) is 0.0321. The minimum absolute atomic E-state index is 0. The third-order valence-electron chi connectivity index (χ3n) is 0.118. The van der Waals surface area contributed by atoms with Crippen molar-refractivity contribution in [2.75, 3.05) is 0 Å². The van der Waals surface area contributed by atoms with Crippen molar-refractivity contribution in [3.63, 3.8) is 0 Å². The summed E-state index contributed by atoms with van der Waals surface area (Å²) in [6, 6.07) is 0. The molecule has 2 N–H and O–H groups in total. The number of hydrogen-bond acceptors (Lipinski definition) is 6. The van der Waals surface area contributed by atoms with Gasteiger partial charge in [0.2, 0.25) is 0 Å². The molecule has 0 heterocycles. The maximum Gasteiger partial charge on any atom is 1.00 e. The third kappa shape index (κ3) is 29.3. The van der Waals surface area contributed by atoms with Crippen LogP contribution in [-0.4, -0.2) is 25.7 Å². The van der Waals surface area contributed by atoms with Gasteiger partial charge in [-0.2, -0.15) is 0 Å². The van der Waals surface area contributed by atoms with Gasteiger partial charge < -0.3 is 8.74 Å². The number of carbonyl (C=O) groups is 1. The Kier molecular flexibility index (Phi) is 28.5. The van der Waals surface area contributed by atoms with Crippen molar-refractivity contribution in [3.8, 4) is 0 Å². The Hall–Kier alpha value is 0.500. The smallest absolute Gasteiger partial charge is 0.740 e. The molecule has 0 radical (unpaired) electrons. The monoisotopic (exact) mass is 166 g/mol. The first-order valence-corrected chi connectivity index (χ1v) is 2.17. The van der Waals surface area contributed by atoms with E-state index in [1.165, 1.54) is 0 Å². The predicted molar refractivity (Wildman–Crippen MR) is 21.3 cm³/mol. The van der Waals surface area contributed by atoms with Crippen LogP contribution in [0.2, 0.25) is 0 Å². The van der Waals surface area contributed by atoms with Crippen LogP contribution >= 0.6 is 0 Å². The van der Waals surface area contributed by atoms with Crippen molar-refractivity contribution in [3.05, 3.63) is 0 Å². The molecular formula is CH3NaO6S. The molecule has 0 aromatic heterocycles. The van der Waals surface area contributed by atoms with Crippen molar-refractivity contribution in [1.29, 1.82) is 0 Å².